The zero-order valence-electron chi connectivity index (χ0n) is 14.6. The number of amides is 2. The first kappa shape index (κ1) is 17.5. The highest BCUT2D eigenvalue weighted by molar-refractivity contribution is 5.95. The minimum absolute atomic E-state index is 0.162. The van der Waals surface area contributed by atoms with E-state index >= 15 is 0 Å². The quantitative estimate of drug-likeness (QED) is 0.811. The van der Waals surface area contributed by atoms with Crippen LogP contribution in [0.15, 0.2) is 65.9 Å². The Kier molecular flexibility index (Phi) is 5.22. The fraction of sp³-hybridized carbons (Fsp3) is 0.200. The predicted molar refractivity (Wildman–Crippen MR) is 96.3 cm³/mol. The summed E-state index contributed by atoms with van der Waals surface area (Å²) in [5.41, 5.74) is 2.48. The van der Waals surface area contributed by atoms with E-state index in [9.17, 15) is 9.59 Å². The molecule has 2 N–H and O–H groups in total. The number of ether oxygens (including phenoxy) is 2. The van der Waals surface area contributed by atoms with Crippen molar-refractivity contribution in [3.8, 4) is 5.75 Å². The Labute approximate surface area is 151 Å². The molecular weight excluding hydrogens is 332 g/mol. The number of nitrogens with one attached hydrogen (secondary N) is 2. The molecule has 0 saturated heterocycles. The molecule has 134 valence electrons. The normalized spacial score (nSPS) is 16.5. The Bertz CT molecular complexity index is 846. The number of esters is 1. The smallest absolute Gasteiger partial charge is 0.338 e. The van der Waals surface area contributed by atoms with Crippen molar-refractivity contribution in [2.24, 2.45) is 0 Å². The monoisotopic (exact) mass is 352 g/mol. The van der Waals surface area contributed by atoms with Crippen molar-refractivity contribution in [2.75, 3.05) is 7.11 Å². The number of benzene rings is 2. The van der Waals surface area contributed by atoms with Crippen LogP contribution in [0.4, 0.5) is 4.79 Å². The van der Waals surface area contributed by atoms with Gasteiger partial charge in [-0.1, -0.05) is 42.5 Å². The first-order valence-electron chi connectivity index (χ1n) is 8.22. The summed E-state index contributed by atoms with van der Waals surface area (Å²) in [4.78, 5) is 24.6. The van der Waals surface area contributed by atoms with E-state index in [1.54, 1.807) is 26.2 Å². The number of methoxy groups -OCH3 is 1. The third-order valence-corrected chi connectivity index (χ3v) is 4.13. The van der Waals surface area contributed by atoms with E-state index in [0.717, 1.165) is 11.1 Å². The van der Waals surface area contributed by atoms with Crippen molar-refractivity contribution in [1.29, 1.82) is 0 Å². The minimum Gasteiger partial charge on any atom is -0.497 e. The molecule has 1 unspecified atom stereocenters. The van der Waals surface area contributed by atoms with Gasteiger partial charge in [0, 0.05) is 5.70 Å². The molecule has 3 rings (SSSR count). The lowest BCUT2D eigenvalue weighted by atomic mass is 9.95. The van der Waals surface area contributed by atoms with Gasteiger partial charge in [0.1, 0.15) is 12.4 Å². The Hall–Kier alpha value is -3.28. The van der Waals surface area contributed by atoms with Crippen molar-refractivity contribution in [3.63, 3.8) is 0 Å². The number of hydrogen-bond acceptors (Lipinski definition) is 4. The number of rotatable bonds is 5. The molecule has 2 aromatic carbocycles. The van der Waals surface area contributed by atoms with Crippen LogP contribution in [0, 0.1) is 0 Å². The van der Waals surface area contributed by atoms with Gasteiger partial charge in [0.15, 0.2) is 0 Å². The maximum absolute atomic E-state index is 12.7. The standard InChI is InChI=1S/C20H20N2O4/c1-13-17(19(23)26-12-14-7-4-3-5-8-14)18(22-20(24)21-13)15-9-6-10-16(11-15)25-2/h3-11,18H,12H2,1-2H3,(H2,21,22,24). The molecule has 0 aromatic heterocycles. The number of urea groups is 1. The zero-order chi connectivity index (χ0) is 18.5. The topological polar surface area (TPSA) is 76.7 Å². The Morgan fingerprint density at radius 2 is 1.88 bits per heavy atom. The van der Waals surface area contributed by atoms with Crippen molar-refractivity contribution >= 4 is 12.0 Å². The maximum Gasteiger partial charge on any atom is 0.338 e. The van der Waals surface area contributed by atoms with Gasteiger partial charge >= 0.3 is 12.0 Å². The van der Waals surface area contributed by atoms with Crippen molar-refractivity contribution in [1.82, 2.24) is 10.6 Å². The van der Waals surface area contributed by atoms with E-state index < -0.39 is 12.0 Å². The summed E-state index contributed by atoms with van der Waals surface area (Å²) < 4.78 is 10.7. The second kappa shape index (κ2) is 7.74. The lowest BCUT2D eigenvalue weighted by molar-refractivity contribution is -0.140. The molecule has 0 spiro atoms. The Morgan fingerprint density at radius 3 is 2.62 bits per heavy atom. The molecule has 0 fully saturated rings. The third-order valence-electron chi connectivity index (χ3n) is 4.13. The molecule has 0 saturated carbocycles. The fourth-order valence-electron chi connectivity index (χ4n) is 2.84. The van der Waals surface area contributed by atoms with E-state index in [2.05, 4.69) is 10.6 Å². The van der Waals surface area contributed by atoms with Gasteiger partial charge in [0.05, 0.1) is 18.7 Å². The molecule has 6 nitrogen and oxygen atoms in total. The van der Waals surface area contributed by atoms with Crippen LogP contribution in [0.1, 0.15) is 24.1 Å². The summed E-state index contributed by atoms with van der Waals surface area (Å²) in [5.74, 6) is 0.164. The van der Waals surface area contributed by atoms with Crippen molar-refractivity contribution in [2.45, 2.75) is 19.6 Å². The van der Waals surface area contributed by atoms with E-state index in [-0.39, 0.29) is 12.6 Å². The van der Waals surface area contributed by atoms with E-state index in [0.29, 0.717) is 17.0 Å². The van der Waals surface area contributed by atoms with Crippen molar-refractivity contribution < 1.29 is 19.1 Å². The molecule has 1 heterocycles. The van der Waals surface area contributed by atoms with Gasteiger partial charge in [-0.3, -0.25) is 0 Å². The lowest BCUT2D eigenvalue weighted by Crippen LogP contribution is -2.45. The van der Waals surface area contributed by atoms with Crippen LogP contribution in [-0.4, -0.2) is 19.1 Å². The van der Waals surface area contributed by atoms with Gasteiger partial charge in [0.25, 0.3) is 0 Å². The fourth-order valence-corrected chi connectivity index (χ4v) is 2.84. The van der Waals surface area contributed by atoms with Crippen LogP contribution < -0.4 is 15.4 Å². The highest BCUT2D eigenvalue weighted by Gasteiger charge is 2.32. The SMILES string of the molecule is COc1cccc(C2NC(=O)NC(C)=C2C(=O)OCc2ccccc2)c1. The molecular formula is C20H20N2O4. The molecule has 26 heavy (non-hydrogen) atoms. The van der Waals surface area contributed by atoms with E-state index in [1.807, 2.05) is 42.5 Å². The largest absolute Gasteiger partial charge is 0.497 e. The van der Waals surface area contributed by atoms with Crippen LogP contribution in [0.2, 0.25) is 0 Å². The number of hydrogen-bond donors (Lipinski definition) is 2. The molecule has 0 bridgehead atoms. The molecule has 2 aromatic rings. The summed E-state index contributed by atoms with van der Waals surface area (Å²) in [6.45, 7) is 1.85. The zero-order valence-corrected chi connectivity index (χ0v) is 14.6. The van der Waals surface area contributed by atoms with Crippen LogP contribution >= 0.6 is 0 Å². The van der Waals surface area contributed by atoms with Gasteiger partial charge in [0.2, 0.25) is 0 Å². The average molecular weight is 352 g/mol. The first-order valence-corrected chi connectivity index (χ1v) is 8.22. The Morgan fingerprint density at radius 1 is 1.12 bits per heavy atom. The first-order chi connectivity index (χ1) is 12.6. The van der Waals surface area contributed by atoms with Gasteiger partial charge in [-0.25, -0.2) is 9.59 Å². The predicted octanol–water partition coefficient (Wildman–Crippen LogP) is 3.07. The molecule has 0 radical (unpaired) electrons. The van der Waals surface area contributed by atoms with Crippen LogP contribution in [0.3, 0.4) is 0 Å². The number of carbonyl (C=O) groups excluding carboxylic acids is 2. The van der Waals surface area contributed by atoms with E-state index in [1.165, 1.54) is 0 Å². The van der Waals surface area contributed by atoms with Crippen molar-refractivity contribution in [3.05, 3.63) is 77.0 Å². The van der Waals surface area contributed by atoms with Crippen LogP contribution in [0.25, 0.3) is 0 Å². The summed E-state index contributed by atoms with van der Waals surface area (Å²) in [5, 5.41) is 5.41. The summed E-state index contributed by atoms with van der Waals surface area (Å²) in [6, 6.07) is 15.7. The maximum atomic E-state index is 12.7. The van der Waals surface area contributed by atoms with Gasteiger partial charge < -0.3 is 20.1 Å². The average Bonchev–Trinajstić information content (AvgIpc) is 2.66. The third kappa shape index (κ3) is 3.85. The second-order valence-electron chi connectivity index (χ2n) is 5.91. The minimum atomic E-state index is -0.609. The molecule has 6 heteroatoms. The number of allylic oxidation sites excluding steroid dienone is 1. The summed E-state index contributed by atoms with van der Waals surface area (Å²) in [7, 11) is 1.57. The summed E-state index contributed by atoms with van der Waals surface area (Å²) >= 11 is 0. The van der Waals surface area contributed by atoms with Gasteiger partial charge in [-0.15, -0.1) is 0 Å². The van der Waals surface area contributed by atoms with Crippen LogP contribution in [-0.2, 0) is 16.1 Å². The van der Waals surface area contributed by atoms with Crippen LogP contribution in [0.5, 0.6) is 5.75 Å². The number of carbonyl (C=O) groups is 2. The van der Waals surface area contributed by atoms with Gasteiger partial charge in [-0.2, -0.15) is 0 Å². The molecule has 0 aliphatic carbocycles. The Balaban J connectivity index is 1.86. The molecule has 1 atom stereocenters. The summed E-state index contributed by atoms with van der Waals surface area (Å²) in [6.07, 6.45) is 0. The van der Waals surface area contributed by atoms with E-state index in [4.69, 9.17) is 9.47 Å². The molecule has 2 amide bonds. The highest BCUT2D eigenvalue weighted by atomic mass is 16.5. The lowest BCUT2D eigenvalue weighted by Gasteiger charge is -2.28. The second-order valence-corrected chi connectivity index (χ2v) is 5.91. The molecule has 1 aliphatic heterocycles. The highest BCUT2D eigenvalue weighted by Crippen LogP contribution is 2.29. The molecule has 1 aliphatic rings. The van der Waals surface area contributed by atoms with Gasteiger partial charge in [-0.05, 0) is 30.2 Å².